The Morgan fingerprint density at radius 2 is 1.58 bits per heavy atom. The minimum Gasteiger partial charge on any atom is -0.497 e. The zero-order chi connectivity index (χ0) is 18.1. The van der Waals surface area contributed by atoms with Gasteiger partial charge in [0, 0.05) is 16.5 Å². The number of halogens is 1. The SMILES string of the molecule is COc1ccc(-c2c(Br)c(-c3ccccc3)nc3ccc(C)cc23)cc1. The fourth-order valence-electron chi connectivity index (χ4n) is 3.18. The number of rotatable bonds is 3. The van der Waals surface area contributed by atoms with E-state index in [1.54, 1.807) is 7.11 Å². The van der Waals surface area contributed by atoms with Gasteiger partial charge >= 0.3 is 0 Å². The third kappa shape index (κ3) is 2.99. The second kappa shape index (κ2) is 6.93. The minimum absolute atomic E-state index is 0.850. The fourth-order valence-corrected chi connectivity index (χ4v) is 3.94. The number of hydrogen-bond donors (Lipinski definition) is 0. The number of hydrogen-bond acceptors (Lipinski definition) is 2. The molecule has 0 bridgehead atoms. The summed E-state index contributed by atoms with van der Waals surface area (Å²) < 4.78 is 6.32. The molecule has 0 aliphatic rings. The molecule has 128 valence electrons. The van der Waals surface area contributed by atoms with Gasteiger partial charge in [-0.05, 0) is 52.7 Å². The van der Waals surface area contributed by atoms with E-state index in [9.17, 15) is 0 Å². The highest BCUT2D eigenvalue weighted by atomic mass is 79.9. The lowest BCUT2D eigenvalue weighted by Gasteiger charge is -2.15. The molecule has 0 spiro atoms. The zero-order valence-electron chi connectivity index (χ0n) is 14.7. The van der Waals surface area contributed by atoms with Crippen molar-refractivity contribution in [1.29, 1.82) is 0 Å². The number of pyridine rings is 1. The number of benzene rings is 3. The lowest BCUT2D eigenvalue weighted by Crippen LogP contribution is -1.93. The van der Waals surface area contributed by atoms with Crippen LogP contribution in [0.5, 0.6) is 5.75 Å². The number of nitrogens with zero attached hydrogens (tertiary/aromatic N) is 1. The van der Waals surface area contributed by atoms with E-state index < -0.39 is 0 Å². The van der Waals surface area contributed by atoms with Gasteiger partial charge in [0.1, 0.15) is 5.75 Å². The van der Waals surface area contributed by atoms with Crippen LogP contribution in [0.2, 0.25) is 0 Å². The Hall–Kier alpha value is -2.65. The first kappa shape index (κ1) is 16.8. The van der Waals surface area contributed by atoms with E-state index in [1.165, 1.54) is 5.56 Å². The van der Waals surface area contributed by atoms with Crippen molar-refractivity contribution in [1.82, 2.24) is 4.98 Å². The number of ether oxygens (including phenoxy) is 1. The second-order valence-corrected chi connectivity index (χ2v) is 7.06. The quantitative estimate of drug-likeness (QED) is 0.382. The van der Waals surface area contributed by atoms with E-state index >= 15 is 0 Å². The molecule has 1 heterocycles. The summed E-state index contributed by atoms with van der Waals surface area (Å²) in [6.07, 6.45) is 0. The van der Waals surface area contributed by atoms with Crippen LogP contribution < -0.4 is 4.74 Å². The van der Waals surface area contributed by atoms with Crippen molar-refractivity contribution in [3.63, 3.8) is 0 Å². The van der Waals surface area contributed by atoms with Gasteiger partial charge in [0.25, 0.3) is 0 Å². The summed E-state index contributed by atoms with van der Waals surface area (Å²) in [5.74, 6) is 0.850. The highest BCUT2D eigenvalue weighted by Gasteiger charge is 2.16. The molecule has 0 radical (unpaired) electrons. The molecule has 0 fully saturated rings. The van der Waals surface area contributed by atoms with E-state index in [1.807, 2.05) is 30.3 Å². The van der Waals surface area contributed by atoms with E-state index in [4.69, 9.17) is 9.72 Å². The van der Waals surface area contributed by atoms with Crippen molar-refractivity contribution in [3.8, 4) is 28.1 Å². The number of aryl methyl sites for hydroxylation is 1. The molecular formula is C23H18BrNO. The maximum atomic E-state index is 5.31. The lowest BCUT2D eigenvalue weighted by molar-refractivity contribution is 0.415. The van der Waals surface area contributed by atoms with Gasteiger partial charge in [-0.1, -0.05) is 54.1 Å². The molecule has 1 aromatic heterocycles. The number of fused-ring (bicyclic) bond motifs is 1. The minimum atomic E-state index is 0.850. The number of aromatic nitrogens is 1. The van der Waals surface area contributed by atoms with Crippen LogP contribution in [0, 0.1) is 6.92 Å². The van der Waals surface area contributed by atoms with E-state index in [0.29, 0.717) is 0 Å². The Morgan fingerprint density at radius 3 is 2.27 bits per heavy atom. The molecule has 0 saturated carbocycles. The van der Waals surface area contributed by atoms with Gasteiger partial charge in [-0.3, -0.25) is 0 Å². The summed E-state index contributed by atoms with van der Waals surface area (Å²) in [5, 5.41) is 1.14. The van der Waals surface area contributed by atoms with Crippen LogP contribution >= 0.6 is 15.9 Å². The molecule has 0 unspecified atom stereocenters. The van der Waals surface area contributed by atoms with Gasteiger partial charge in [0.05, 0.1) is 22.8 Å². The molecule has 4 aromatic rings. The lowest BCUT2D eigenvalue weighted by atomic mass is 9.97. The molecule has 0 N–H and O–H groups in total. The Morgan fingerprint density at radius 1 is 0.846 bits per heavy atom. The highest BCUT2D eigenvalue weighted by molar-refractivity contribution is 9.10. The van der Waals surface area contributed by atoms with Gasteiger partial charge in [-0.15, -0.1) is 0 Å². The van der Waals surface area contributed by atoms with Crippen LogP contribution in [-0.4, -0.2) is 12.1 Å². The predicted octanol–water partition coefficient (Wildman–Crippen LogP) is 6.65. The summed E-state index contributed by atoms with van der Waals surface area (Å²) in [6.45, 7) is 2.11. The van der Waals surface area contributed by atoms with Crippen molar-refractivity contribution < 1.29 is 4.74 Å². The first-order valence-corrected chi connectivity index (χ1v) is 9.26. The first-order valence-electron chi connectivity index (χ1n) is 8.47. The molecule has 3 heteroatoms. The molecule has 0 saturated heterocycles. The molecule has 0 aliphatic carbocycles. The summed E-state index contributed by atoms with van der Waals surface area (Å²) in [6, 6.07) is 24.8. The summed E-state index contributed by atoms with van der Waals surface area (Å²) >= 11 is 3.84. The zero-order valence-corrected chi connectivity index (χ0v) is 16.2. The summed E-state index contributed by atoms with van der Waals surface area (Å²) in [5.41, 5.74) is 6.54. The van der Waals surface area contributed by atoms with E-state index in [2.05, 4.69) is 65.3 Å². The van der Waals surface area contributed by atoms with Crippen molar-refractivity contribution >= 4 is 26.8 Å². The molecule has 0 atom stereocenters. The molecule has 3 aromatic carbocycles. The second-order valence-electron chi connectivity index (χ2n) is 6.26. The Labute approximate surface area is 161 Å². The van der Waals surface area contributed by atoms with Gasteiger partial charge in [0.15, 0.2) is 0 Å². The number of methoxy groups -OCH3 is 1. The smallest absolute Gasteiger partial charge is 0.118 e. The first-order chi connectivity index (χ1) is 12.7. The van der Waals surface area contributed by atoms with Crippen LogP contribution in [0.15, 0.2) is 77.3 Å². The van der Waals surface area contributed by atoms with E-state index in [0.717, 1.165) is 43.5 Å². The van der Waals surface area contributed by atoms with E-state index in [-0.39, 0.29) is 0 Å². The van der Waals surface area contributed by atoms with Crippen LogP contribution in [0.25, 0.3) is 33.3 Å². The third-order valence-corrected chi connectivity index (χ3v) is 5.28. The average Bonchev–Trinajstić information content (AvgIpc) is 2.68. The Bertz CT molecular complexity index is 1070. The van der Waals surface area contributed by atoms with Crippen LogP contribution in [0.1, 0.15) is 5.56 Å². The molecule has 2 nitrogen and oxygen atoms in total. The van der Waals surface area contributed by atoms with Crippen molar-refractivity contribution in [2.24, 2.45) is 0 Å². The van der Waals surface area contributed by atoms with Gasteiger partial charge in [0.2, 0.25) is 0 Å². The van der Waals surface area contributed by atoms with Crippen molar-refractivity contribution in [2.75, 3.05) is 7.11 Å². The summed E-state index contributed by atoms with van der Waals surface area (Å²) in [7, 11) is 1.68. The Balaban J connectivity index is 2.05. The third-order valence-electron chi connectivity index (χ3n) is 4.51. The van der Waals surface area contributed by atoms with Crippen molar-refractivity contribution in [3.05, 3.63) is 82.8 Å². The molecule has 26 heavy (non-hydrogen) atoms. The van der Waals surface area contributed by atoms with Gasteiger partial charge < -0.3 is 4.74 Å². The predicted molar refractivity (Wildman–Crippen MR) is 112 cm³/mol. The van der Waals surface area contributed by atoms with Gasteiger partial charge in [-0.2, -0.15) is 0 Å². The Kier molecular flexibility index (Phi) is 4.48. The van der Waals surface area contributed by atoms with Gasteiger partial charge in [-0.25, -0.2) is 4.98 Å². The normalized spacial score (nSPS) is 10.9. The monoisotopic (exact) mass is 403 g/mol. The van der Waals surface area contributed by atoms with Crippen LogP contribution in [0.3, 0.4) is 0 Å². The maximum Gasteiger partial charge on any atom is 0.118 e. The highest BCUT2D eigenvalue weighted by Crippen LogP contribution is 2.41. The topological polar surface area (TPSA) is 22.1 Å². The fraction of sp³-hybridized carbons (Fsp3) is 0.0870. The molecule has 0 amide bonds. The molecular weight excluding hydrogens is 386 g/mol. The average molecular weight is 404 g/mol. The molecule has 0 aliphatic heterocycles. The summed E-state index contributed by atoms with van der Waals surface area (Å²) in [4.78, 5) is 4.93. The van der Waals surface area contributed by atoms with Crippen molar-refractivity contribution in [2.45, 2.75) is 6.92 Å². The largest absolute Gasteiger partial charge is 0.497 e. The standard InChI is InChI=1S/C23H18BrNO/c1-15-8-13-20-19(14-15)21(16-9-11-18(26-2)12-10-16)22(24)23(25-20)17-6-4-3-5-7-17/h3-14H,1-2H3. The maximum absolute atomic E-state index is 5.31. The molecule has 4 rings (SSSR count). The van der Waals surface area contributed by atoms with Crippen LogP contribution in [0.4, 0.5) is 0 Å². The van der Waals surface area contributed by atoms with Crippen LogP contribution in [-0.2, 0) is 0 Å².